The third kappa shape index (κ3) is 3.41. The lowest BCUT2D eigenvalue weighted by atomic mass is 10.2. The molecule has 5 nitrogen and oxygen atoms in total. The summed E-state index contributed by atoms with van der Waals surface area (Å²) in [7, 11) is 0. The third-order valence-corrected chi connectivity index (χ3v) is 2.56. The molecule has 0 spiro atoms. The normalized spacial score (nSPS) is 11.2. The minimum absolute atomic E-state index is 0.0675. The second-order valence-electron chi connectivity index (χ2n) is 4.03. The van der Waals surface area contributed by atoms with Gasteiger partial charge >= 0.3 is 11.9 Å². The van der Waals surface area contributed by atoms with Gasteiger partial charge in [0.2, 0.25) is 0 Å². The van der Waals surface area contributed by atoms with Crippen molar-refractivity contribution < 1.29 is 27.9 Å². The van der Waals surface area contributed by atoms with Crippen molar-refractivity contribution in [1.29, 1.82) is 0 Å². The van der Waals surface area contributed by atoms with E-state index in [9.17, 15) is 28.4 Å². The molecular weight excluding hydrogens is 291 g/mol. The van der Waals surface area contributed by atoms with Gasteiger partial charge in [-0.25, -0.2) is 0 Å². The van der Waals surface area contributed by atoms with Crippen LogP contribution in [0.15, 0.2) is 42.5 Å². The molecule has 0 atom stereocenters. The number of hydrogen-bond acceptors (Lipinski definition) is 4. The summed E-state index contributed by atoms with van der Waals surface area (Å²) in [6.45, 7) is 0. The van der Waals surface area contributed by atoms with Crippen molar-refractivity contribution in [3.63, 3.8) is 0 Å². The van der Waals surface area contributed by atoms with Crippen LogP contribution in [0.25, 0.3) is 0 Å². The van der Waals surface area contributed by atoms with E-state index in [-0.39, 0.29) is 11.5 Å². The Morgan fingerprint density at radius 1 is 1.05 bits per heavy atom. The number of ether oxygens (including phenoxy) is 1. The fourth-order valence-electron chi connectivity index (χ4n) is 1.57. The van der Waals surface area contributed by atoms with Gasteiger partial charge in [0, 0.05) is 12.1 Å². The Balaban J connectivity index is 2.19. The van der Waals surface area contributed by atoms with E-state index in [1.54, 1.807) is 0 Å². The molecule has 0 aliphatic heterocycles. The van der Waals surface area contributed by atoms with Crippen LogP contribution >= 0.6 is 0 Å². The Morgan fingerprint density at radius 3 is 2.10 bits per heavy atom. The summed E-state index contributed by atoms with van der Waals surface area (Å²) in [4.78, 5) is 9.75. The Kier molecular flexibility index (Phi) is 3.70. The molecule has 0 amide bonds. The summed E-state index contributed by atoms with van der Waals surface area (Å²) in [6, 6.07) is 7.20. The average molecular weight is 299 g/mol. The zero-order chi connectivity index (χ0) is 15.6. The van der Waals surface area contributed by atoms with E-state index in [1.165, 1.54) is 6.07 Å². The van der Waals surface area contributed by atoms with Gasteiger partial charge in [0.25, 0.3) is 0 Å². The number of nitro benzene ring substituents is 1. The summed E-state index contributed by atoms with van der Waals surface area (Å²) in [5.41, 5.74) is -1.31. The van der Waals surface area contributed by atoms with Crippen molar-refractivity contribution in [3.8, 4) is 17.2 Å². The zero-order valence-electron chi connectivity index (χ0n) is 10.3. The molecule has 0 fully saturated rings. The van der Waals surface area contributed by atoms with Gasteiger partial charge in [-0.05, 0) is 30.3 Å². The highest BCUT2D eigenvalue weighted by molar-refractivity contribution is 5.50. The molecule has 0 radical (unpaired) electrons. The number of rotatable bonds is 3. The first-order chi connectivity index (χ1) is 9.77. The fraction of sp³-hybridized carbons (Fsp3) is 0.0769. The summed E-state index contributed by atoms with van der Waals surface area (Å²) >= 11 is 0. The molecule has 2 aromatic rings. The molecule has 0 bridgehead atoms. The van der Waals surface area contributed by atoms with Crippen molar-refractivity contribution in [2.45, 2.75) is 6.18 Å². The zero-order valence-corrected chi connectivity index (χ0v) is 10.3. The molecular formula is C13H8F3NO4. The van der Waals surface area contributed by atoms with E-state index in [4.69, 9.17) is 4.74 Å². The van der Waals surface area contributed by atoms with E-state index in [1.807, 2.05) is 0 Å². The molecule has 0 saturated heterocycles. The minimum Gasteiger partial charge on any atom is -0.502 e. The monoisotopic (exact) mass is 299 g/mol. The number of phenols is 1. The molecule has 8 heteroatoms. The van der Waals surface area contributed by atoms with Crippen molar-refractivity contribution in [1.82, 2.24) is 0 Å². The number of nitro groups is 1. The molecule has 0 saturated carbocycles. The standard InChI is InChI=1S/C13H8F3NO4/c14-13(15,16)8-1-3-9(4-2-8)21-10-5-6-11(17(19)20)12(18)7-10/h1-7,18H. The van der Waals surface area contributed by atoms with Crippen LogP contribution in [0.1, 0.15) is 5.56 Å². The van der Waals surface area contributed by atoms with Crippen LogP contribution in [0.2, 0.25) is 0 Å². The van der Waals surface area contributed by atoms with Crippen molar-refractivity contribution in [2.24, 2.45) is 0 Å². The van der Waals surface area contributed by atoms with Crippen LogP contribution in [-0.2, 0) is 6.18 Å². The van der Waals surface area contributed by atoms with Gasteiger partial charge in [-0.3, -0.25) is 10.1 Å². The number of phenolic OH excluding ortho intramolecular Hbond substituents is 1. The lowest BCUT2D eigenvalue weighted by Crippen LogP contribution is -2.03. The van der Waals surface area contributed by atoms with Gasteiger partial charge in [-0.15, -0.1) is 0 Å². The Morgan fingerprint density at radius 2 is 1.62 bits per heavy atom. The molecule has 0 heterocycles. The number of alkyl halides is 3. The van der Waals surface area contributed by atoms with Gasteiger partial charge in [0.15, 0.2) is 5.75 Å². The van der Waals surface area contributed by atoms with Crippen LogP contribution in [0.3, 0.4) is 0 Å². The third-order valence-electron chi connectivity index (χ3n) is 2.56. The van der Waals surface area contributed by atoms with Crippen molar-refractivity contribution >= 4 is 5.69 Å². The predicted molar refractivity (Wildman–Crippen MR) is 66.3 cm³/mol. The van der Waals surface area contributed by atoms with Crippen LogP contribution in [0, 0.1) is 10.1 Å². The topological polar surface area (TPSA) is 72.6 Å². The average Bonchev–Trinajstić information content (AvgIpc) is 2.38. The van der Waals surface area contributed by atoms with Crippen LogP contribution in [0.5, 0.6) is 17.2 Å². The maximum absolute atomic E-state index is 12.4. The number of nitrogens with zero attached hydrogens (tertiary/aromatic N) is 1. The first kappa shape index (κ1) is 14.6. The Labute approximate surface area is 116 Å². The van der Waals surface area contributed by atoms with Crippen molar-refractivity contribution in [3.05, 3.63) is 58.1 Å². The maximum atomic E-state index is 12.4. The predicted octanol–water partition coefficient (Wildman–Crippen LogP) is 4.11. The highest BCUT2D eigenvalue weighted by Gasteiger charge is 2.30. The Hall–Kier alpha value is -2.77. The van der Waals surface area contributed by atoms with Crippen molar-refractivity contribution in [2.75, 3.05) is 0 Å². The SMILES string of the molecule is O=[N+]([O-])c1ccc(Oc2ccc(C(F)(F)F)cc2)cc1O. The van der Waals surface area contributed by atoms with E-state index >= 15 is 0 Å². The number of aromatic hydroxyl groups is 1. The first-order valence-electron chi connectivity index (χ1n) is 5.60. The highest BCUT2D eigenvalue weighted by Crippen LogP contribution is 2.34. The summed E-state index contributed by atoms with van der Waals surface area (Å²) in [5.74, 6) is -0.418. The number of hydrogen-bond donors (Lipinski definition) is 1. The van der Waals surface area contributed by atoms with E-state index in [0.29, 0.717) is 0 Å². The van der Waals surface area contributed by atoms with Gasteiger partial charge in [0.1, 0.15) is 11.5 Å². The molecule has 0 aliphatic rings. The Bertz CT molecular complexity index is 668. The molecule has 110 valence electrons. The first-order valence-corrected chi connectivity index (χ1v) is 5.60. The fourth-order valence-corrected chi connectivity index (χ4v) is 1.57. The maximum Gasteiger partial charge on any atom is 0.416 e. The van der Waals surface area contributed by atoms with Crippen LogP contribution < -0.4 is 4.74 Å². The summed E-state index contributed by atoms with van der Waals surface area (Å²) in [5, 5.41) is 19.9. The quantitative estimate of drug-likeness (QED) is 0.683. The van der Waals surface area contributed by atoms with E-state index < -0.39 is 28.1 Å². The van der Waals surface area contributed by atoms with E-state index in [0.717, 1.165) is 36.4 Å². The smallest absolute Gasteiger partial charge is 0.416 e. The molecule has 0 aromatic heterocycles. The molecule has 2 rings (SSSR count). The molecule has 0 aliphatic carbocycles. The minimum atomic E-state index is -4.44. The van der Waals surface area contributed by atoms with E-state index in [2.05, 4.69) is 0 Å². The lowest BCUT2D eigenvalue weighted by Gasteiger charge is -2.09. The number of halogens is 3. The van der Waals surface area contributed by atoms with Gasteiger partial charge < -0.3 is 9.84 Å². The molecule has 21 heavy (non-hydrogen) atoms. The molecule has 2 aromatic carbocycles. The number of benzene rings is 2. The van der Waals surface area contributed by atoms with Gasteiger partial charge in [0.05, 0.1) is 10.5 Å². The lowest BCUT2D eigenvalue weighted by molar-refractivity contribution is -0.385. The van der Waals surface area contributed by atoms with Gasteiger partial charge in [-0.1, -0.05) is 0 Å². The molecule has 1 N–H and O–H groups in total. The highest BCUT2D eigenvalue weighted by atomic mass is 19.4. The molecule has 0 unspecified atom stereocenters. The van der Waals surface area contributed by atoms with Gasteiger partial charge in [-0.2, -0.15) is 13.2 Å². The van der Waals surface area contributed by atoms with Crippen LogP contribution in [-0.4, -0.2) is 10.0 Å². The largest absolute Gasteiger partial charge is 0.502 e. The van der Waals surface area contributed by atoms with Crippen LogP contribution in [0.4, 0.5) is 18.9 Å². The second-order valence-corrected chi connectivity index (χ2v) is 4.03. The second kappa shape index (κ2) is 5.31. The summed E-state index contributed by atoms with van der Waals surface area (Å²) in [6.07, 6.45) is -4.44. The summed E-state index contributed by atoms with van der Waals surface area (Å²) < 4.78 is 42.4.